The number of aromatic nitrogens is 1. The molecule has 0 saturated heterocycles. The van der Waals surface area contributed by atoms with Crippen LogP contribution >= 0.6 is 11.5 Å². The van der Waals surface area contributed by atoms with Gasteiger partial charge in [-0.1, -0.05) is 48.5 Å². The Labute approximate surface area is 185 Å². The molecule has 2 N–H and O–H groups in total. The van der Waals surface area contributed by atoms with Crippen LogP contribution in [0.3, 0.4) is 0 Å². The van der Waals surface area contributed by atoms with Crippen LogP contribution in [-0.4, -0.2) is 22.2 Å². The second-order valence-electron chi connectivity index (χ2n) is 7.46. The number of nitrogens with one attached hydrogen (secondary N) is 2. The molecule has 0 bridgehead atoms. The third-order valence-corrected chi connectivity index (χ3v) is 5.91. The Morgan fingerprint density at radius 2 is 1.61 bits per heavy atom. The predicted molar refractivity (Wildman–Crippen MR) is 126 cm³/mol. The lowest BCUT2D eigenvalue weighted by Crippen LogP contribution is -2.32. The number of aryl methyl sites for hydroxylation is 1. The van der Waals surface area contributed by atoms with Crippen LogP contribution in [0, 0.1) is 0 Å². The van der Waals surface area contributed by atoms with E-state index < -0.39 is 0 Å². The van der Waals surface area contributed by atoms with E-state index in [1.807, 2.05) is 49.4 Å². The Balaban J connectivity index is 1.33. The molecule has 0 aliphatic heterocycles. The van der Waals surface area contributed by atoms with Gasteiger partial charge in [0.05, 0.1) is 4.70 Å². The first-order valence-electron chi connectivity index (χ1n) is 10.2. The van der Waals surface area contributed by atoms with Crippen molar-refractivity contribution in [2.45, 2.75) is 25.8 Å². The number of benzene rings is 3. The number of amides is 2. The molecular formula is C25H23N3O2S. The Morgan fingerprint density at radius 3 is 2.39 bits per heavy atom. The monoisotopic (exact) mass is 429 g/mol. The maximum atomic E-state index is 12.6. The lowest BCUT2D eigenvalue weighted by Gasteiger charge is -2.14. The summed E-state index contributed by atoms with van der Waals surface area (Å²) in [7, 11) is 0. The molecule has 4 rings (SSSR count). The number of hydrogen-bond acceptors (Lipinski definition) is 4. The number of nitrogens with zero attached hydrogens (tertiary/aromatic N) is 1. The van der Waals surface area contributed by atoms with Crippen molar-refractivity contribution in [3.05, 3.63) is 95.7 Å². The highest BCUT2D eigenvalue weighted by Crippen LogP contribution is 2.23. The van der Waals surface area contributed by atoms with Crippen molar-refractivity contribution in [3.8, 4) is 0 Å². The van der Waals surface area contributed by atoms with Gasteiger partial charge in [0.15, 0.2) is 0 Å². The number of carbonyl (C=O) groups is 2. The van der Waals surface area contributed by atoms with Crippen LogP contribution in [-0.2, 0) is 6.42 Å². The molecule has 156 valence electrons. The molecule has 1 heterocycles. The average Bonchev–Trinajstić information content (AvgIpc) is 3.23. The predicted octanol–water partition coefficient (Wildman–Crippen LogP) is 5.30. The lowest BCUT2D eigenvalue weighted by molar-refractivity contribution is 0.0938. The van der Waals surface area contributed by atoms with Crippen LogP contribution in [0.15, 0.2) is 78.9 Å². The van der Waals surface area contributed by atoms with Crippen molar-refractivity contribution in [2.75, 3.05) is 5.32 Å². The maximum Gasteiger partial charge on any atom is 0.276 e. The minimum Gasteiger partial charge on any atom is -0.350 e. The zero-order chi connectivity index (χ0) is 21.6. The summed E-state index contributed by atoms with van der Waals surface area (Å²) >= 11 is 1.30. The minimum atomic E-state index is -0.260. The van der Waals surface area contributed by atoms with Gasteiger partial charge in [0.2, 0.25) is 0 Å². The molecular weight excluding hydrogens is 406 g/mol. The SMILES string of the molecule is C[C@@H](CCc1ccccc1)NC(=O)c1ccc(NC(=O)c2nsc3ccccc23)cc1. The Hall–Kier alpha value is -3.51. The Morgan fingerprint density at radius 1 is 0.903 bits per heavy atom. The van der Waals surface area contributed by atoms with E-state index in [0.717, 1.165) is 22.9 Å². The quantitative estimate of drug-likeness (QED) is 0.419. The zero-order valence-corrected chi connectivity index (χ0v) is 18.0. The summed E-state index contributed by atoms with van der Waals surface area (Å²) in [5.74, 6) is -0.381. The molecule has 31 heavy (non-hydrogen) atoms. The van der Waals surface area contributed by atoms with Crippen LogP contribution in [0.5, 0.6) is 0 Å². The van der Waals surface area contributed by atoms with Gasteiger partial charge in [-0.3, -0.25) is 9.59 Å². The first-order chi connectivity index (χ1) is 15.1. The third-order valence-electron chi connectivity index (χ3n) is 5.08. The number of hydrogen-bond donors (Lipinski definition) is 2. The molecule has 0 radical (unpaired) electrons. The van der Waals surface area contributed by atoms with E-state index in [1.54, 1.807) is 24.3 Å². The van der Waals surface area contributed by atoms with Gasteiger partial charge in [-0.2, -0.15) is 4.37 Å². The molecule has 0 unspecified atom stereocenters. The van der Waals surface area contributed by atoms with Gasteiger partial charge in [0, 0.05) is 22.7 Å². The van der Waals surface area contributed by atoms with Crippen LogP contribution in [0.4, 0.5) is 5.69 Å². The highest BCUT2D eigenvalue weighted by Gasteiger charge is 2.15. The van der Waals surface area contributed by atoms with Crippen molar-refractivity contribution in [1.82, 2.24) is 9.69 Å². The molecule has 1 atom stereocenters. The van der Waals surface area contributed by atoms with E-state index in [-0.39, 0.29) is 17.9 Å². The standard InChI is InChI=1S/C25H23N3O2S/c1-17(11-12-18-7-3-2-4-8-18)26-24(29)19-13-15-20(16-14-19)27-25(30)23-21-9-5-6-10-22(21)31-28-23/h2-10,13-17H,11-12H2,1H3,(H,26,29)(H,27,30)/t17-/m0/s1. The molecule has 0 fully saturated rings. The molecule has 2 amide bonds. The molecule has 0 spiro atoms. The Kier molecular flexibility index (Phi) is 6.38. The second kappa shape index (κ2) is 9.53. The number of carbonyl (C=O) groups excluding carboxylic acids is 2. The fraction of sp³-hybridized carbons (Fsp3) is 0.160. The van der Waals surface area contributed by atoms with Crippen molar-refractivity contribution in [1.29, 1.82) is 0 Å². The summed E-state index contributed by atoms with van der Waals surface area (Å²) in [5, 5.41) is 6.73. The third kappa shape index (κ3) is 5.16. The summed E-state index contributed by atoms with van der Waals surface area (Å²) in [6.07, 6.45) is 1.78. The van der Waals surface area contributed by atoms with E-state index in [2.05, 4.69) is 27.1 Å². The minimum absolute atomic E-state index is 0.0602. The van der Waals surface area contributed by atoms with Crippen LogP contribution in [0.25, 0.3) is 10.1 Å². The average molecular weight is 430 g/mol. The van der Waals surface area contributed by atoms with Gasteiger partial charge in [-0.15, -0.1) is 0 Å². The van der Waals surface area contributed by atoms with Crippen molar-refractivity contribution < 1.29 is 9.59 Å². The molecule has 0 aliphatic carbocycles. The van der Waals surface area contributed by atoms with Crippen LogP contribution in [0.1, 0.15) is 39.8 Å². The van der Waals surface area contributed by atoms with Gasteiger partial charge < -0.3 is 10.6 Å². The molecule has 5 nitrogen and oxygen atoms in total. The maximum absolute atomic E-state index is 12.6. The fourth-order valence-electron chi connectivity index (χ4n) is 3.35. The topological polar surface area (TPSA) is 71.1 Å². The van der Waals surface area contributed by atoms with E-state index >= 15 is 0 Å². The number of rotatable bonds is 7. The van der Waals surface area contributed by atoms with Crippen molar-refractivity contribution in [3.63, 3.8) is 0 Å². The smallest absolute Gasteiger partial charge is 0.276 e. The summed E-state index contributed by atoms with van der Waals surface area (Å²) in [4.78, 5) is 25.1. The summed E-state index contributed by atoms with van der Waals surface area (Å²) in [6.45, 7) is 2.01. The molecule has 1 aromatic heterocycles. The van der Waals surface area contributed by atoms with Crippen LogP contribution in [0.2, 0.25) is 0 Å². The number of anilines is 1. The summed E-state index contributed by atoms with van der Waals surface area (Å²) < 4.78 is 5.25. The first kappa shape index (κ1) is 20.8. The van der Waals surface area contributed by atoms with E-state index in [9.17, 15) is 9.59 Å². The lowest BCUT2D eigenvalue weighted by atomic mass is 10.1. The van der Waals surface area contributed by atoms with Gasteiger partial charge in [0.1, 0.15) is 5.69 Å². The highest BCUT2D eigenvalue weighted by atomic mass is 32.1. The van der Waals surface area contributed by atoms with Gasteiger partial charge in [0.25, 0.3) is 11.8 Å². The van der Waals surface area contributed by atoms with Gasteiger partial charge >= 0.3 is 0 Å². The fourth-order valence-corrected chi connectivity index (χ4v) is 4.13. The normalized spacial score (nSPS) is 11.8. The van der Waals surface area contributed by atoms with Crippen molar-refractivity contribution in [2.24, 2.45) is 0 Å². The van der Waals surface area contributed by atoms with Crippen LogP contribution < -0.4 is 10.6 Å². The second-order valence-corrected chi connectivity index (χ2v) is 8.26. The molecule has 0 saturated carbocycles. The first-order valence-corrected chi connectivity index (χ1v) is 11.0. The number of fused-ring (bicyclic) bond motifs is 1. The summed E-state index contributed by atoms with van der Waals surface area (Å²) in [5.41, 5.74) is 2.85. The molecule has 4 aromatic rings. The van der Waals surface area contributed by atoms with E-state index in [1.165, 1.54) is 17.1 Å². The van der Waals surface area contributed by atoms with E-state index in [0.29, 0.717) is 16.9 Å². The van der Waals surface area contributed by atoms with E-state index in [4.69, 9.17) is 0 Å². The molecule has 6 heteroatoms. The van der Waals surface area contributed by atoms with Gasteiger partial charge in [-0.05, 0) is 67.2 Å². The van der Waals surface area contributed by atoms with Crippen molar-refractivity contribution >= 4 is 39.1 Å². The zero-order valence-electron chi connectivity index (χ0n) is 17.2. The highest BCUT2D eigenvalue weighted by molar-refractivity contribution is 7.13. The summed E-state index contributed by atoms with van der Waals surface area (Å²) in [6, 6.07) is 24.8. The molecule has 3 aromatic carbocycles. The van der Waals surface area contributed by atoms with Gasteiger partial charge in [-0.25, -0.2) is 0 Å². The largest absolute Gasteiger partial charge is 0.350 e. The molecule has 0 aliphatic rings. The Bertz CT molecular complexity index is 1190.